The van der Waals surface area contributed by atoms with Crippen LogP contribution in [0.15, 0.2) is 0 Å². The Labute approximate surface area is 112 Å². The minimum atomic E-state index is -2.72. The molecular formula is C13H22F2N2O2. The van der Waals surface area contributed by atoms with Crippen molar-refractivity contribution >= 4 is 5.97 Å². The maximum atomic E-state index is 13.9. The number of carbonyl (C=O) groups is 1. The van der Waals surface area contributed by atoms with Gasteiger partial charge in [-0.3, -0.25) is 9.69 Å². The first-order valence-electron chi connectivity index (χ1n) is 6.75. The topological polar surface area (TPSA) is 52.6 Å². The van der Waals surface area contributed by atoms with Gasteiger partial charge >= 0.3 is 5.97 Å². The van der Waals surface area contributed by atoms with E-state index in [0.29, 0.717) is 19.4 Å². The first-order valence-corrected chi connectivity index (χ1v) is 6.75. The van der Waals surface area contributed by atoms with Crippen molar-refractivity contribution in [2.75, 3.05) is 13.1 Å². The molecule has 0 radical (unpaired) electrons. The van der Waals surface area contributed by atoms with Gasteiger partial charge in [-0.2, -0.15) is 0 Å². The smallest absolute Gasteiger partial charge is 0.309 e. The predicted octanol–water partition coefficient (Wildman–Crippen LogP) is 1.56. The highest BCUT2D eigenvalue weighted by Crippen LogP contribution is 2.39. The number of halogens is 2. The van der Waals surface area contributed by atoms with Crippen LogP contribution in [0, 0.1) is 5.41 Å². The molecule has 2 heterocycles. The van der Waals surface area contributed by atoms with Gasteiger partial charge < -0.3 is 10.4 Å². The lowest BCUT2D eigenvalue weighted by Gasteiger charge is -2.36. The molecule has 19 heavy (non-hydrogen) atoms. The summed E-state index contributed by atoms with van der Waals surface area (Å²) in [5, 5.41) is 12.0. The van der Waals surface area contributed by atoms with Crippen LogP contribution >= 0.6 is 0 Å². The maximum absolute atomic E-state index is 13.9. The van der Waals surface area contributed by atoms with Crippen molar-refractivity contribution in [3.8, 4) is 0 Å². The fraction of sp³-hybridized carbons (Fsp3) is 0.923. The number of aliphatic carboxylic acids is 1. The van der Waals surface area contributed by atoms with E-state index in [-0.39, 0.29) is 18.6 Å². The number of nitrogens with zero attached hydrogens (tertiary/aromatic N) is 1. The highest BCUT2D eigenvalue weighted by atomic mass is 19.3. The summed E-state index contributed by atoms with van der Waals surface area (Å²) in [4.78, 5) is 12.9. The molecule has 2 N–H and O–H groups in total. The zero-order chi connectivity index (χ0) is 14.4. The van der Waals surface area contributed by atoms with Gasteiger partial charge in [0.2, 0.25) is 0 Å². The zero-order valence-corrected chi connectivity index (χ0v) is 11.6. The summed E-state index contributed by atoms with van der Waals surface area (Å²) in [6.45, 7) is 5.47. The van der Waals surface area contributed by atoms with Crippen molar-refractivity contribution in [3.63, 3.8) is 0 Å². The SMILES string of the molecule is CC(CC(C)(C)C(=O)O)N1CCC2NCC(F)(F)C21. The third kappa shape index (κ3) is 2.60. The molecule has 0 spiro atoms. The third-order valence-corrected chi connectivity index (χ3v) is 4.42. The van der Waals surface area contributed by atoms with E-state index in [1.807, 2.05) is 6.92 Å². The molecule has 2 aliphatic rings. The summed E-state index contributed by atoms with van der Waals surface area (Å²) in [6.07, 6.45) is 1.08. The van der Waals surface area contributed by atoms with Crippen LogP contribution < -0.4 is 5.32 Å². The van der Waals surface area contributed by atoms with E-state index in [1.54, 1.807) is 18.7 Å². The van der Waals surface area contributed by atoms with Crippen LogP contribution in [-0.2, 0) is 4.79 Å². The predicted molar refractivity (Wildman–Crippen MR) is 67.3 cm³/mol. The Morgan fingerprint density at radius 3 is 2.79 bits per heavy atom. The van der Waals surface area contributed by atoms with E-state index in [0.717, 1.165) is 0 Å². The number of hydrogen-bond acceptors (Lipinski definition) is 3. The largest absolute Gasteiger partial charge is 0.481 e. The van der Waals surface area contributed by atoms with Gasteiger partial charge in [-0.05, 0) is 33.6 Å². The fourth-order valence-electron chi connectivity index (χ4n) is 3.38. The lowest BCUT2D eigenvalue weighted by molar-refractivity contribution is -0.148. The van der Waals surface area contributed by atoms with Gasteiger partial charge in [0.15, 0.2) is 0 Å². The number of carboxylic acids is 1. The van der Waals surface area contributed by atoms with E-state index >= 15 is 0 Å². The first kappa shape index (κ1) is 14.7. The van der Waals surface area contributed by atoms with Crippen LogP contribution in [-0.4, -0.2) is 53.1 Å². The molecule has 0 saturated carbocycles. The van der Waals surface area contributed by atoms with Gasteiger partial charge in [0, 0.05) is 18.6 Å². The molecule has 0 aromatic rings. The Balaban J connectivity index is 2.08. The highest BCUT2D eigenvalue weighted by molar-refractivity contribution is 5.73. The van der Waals surface area contributed by atoms with Crippen LogP contribution in [0.4, 0.5) is 8.78 Å². The minimum absolute atomic E-state index is 0.160. The molecule has 0 aromatic carbocycles. The van der Waals surface area contributed by atoms with E-state index in [1.165, 1.54) is 0 Å². The lowest BCUT2D eigenvalue weighted by atomic mass is 9.85. The van der Waals surface area contributed by atoms with Crippen molar-refractivity contribution in [2.24, 2.45) is 5.41 Å². The number of hydrogen-bond donors (Lipinski definition) is 2. The number of likely N-dealkylation sites (tertiary alicyclic amines) is 1. The second-order valence-corrected chi connectivity index (χ2v) is 6.46. The van der Waals surface area contributed by atoms with Crippen LogP contribution in [0.2, 0.25) is 0 Å². The third-order valence-electron chi connectivity index (χ3n) is 4.42. The summed E-state index contributed by atoms with van der Waals surface area (Å²) in [6, 6.07) is -1.11. The summed E-state index contributed by atoms with van der Waals surface area (Å²) in [5.41, 5.74) is -0.890. The van der Waals surface area contributed by atoms with E-state index in [2.05, 4.69) is 5.32 Å². The molecule has 2 rings (SSSR count). The molecule has 2 fully saturated rings. The Morgan fingerprint density at radius 1 is 1.58 bits per heavy atom. The standard InChI is InChI=1S/C13H22F2N2O2/c1-8(6-12(2,3)11(18)19)17-5-4-9-10(17)13(14,15)7-16-9/h8-10,16H,4-7H2,1-3H3,(H,18,19). The average Bonchev–Trinajstić information content (AvgIpc) is 2.80. The number of fused-ring (bicyclic) bond motifs is 1. The molecule has 110 valence electrons. The number of nitrogens with one attached hydrogen (secondary N) is 1. The molecule has 6 heteroatoms. The van der Waals surface area contributed by atoms with Crippen molar-refractivity contribution in [1.29, 1.82) is 0 Å². The van der Waals surface area contributed by atoms with Crippen LogP contribution in [0.25, 0.3) is 0 Å². The highest BCUT2D eigenvalue weighted by Gasteiger charge is 2.56. The maximum Gasteiger partial charge on any atom is 0.309 e. The van der Waals surface area contributed by atoms with Gasteiger partial charge in [-0.1, -0.05) is 0 Å². The normalized spacial score (nSPS) is 32.3. The van der Waals surface area contributed by atoms with Crippen molar-refractivity contribution in [3.05, 3.63) is 0 Å². The van der Waals surface area contributed by atoms with Gasteiger partial charge in [0.1, 0.15) is 0 Å². The molecule has 2 saturated heterocycles. The second kappa shape index (κ2) is 4.66. The Morgan fingerprint density at radius 2 is 2.21 bits per heavy atom. The second-order valence-electron chi connectivity index (χ2n) is 6.46. The molecule has 4 nitrogen and oxygen atoms in total. The van der Waals surface area contributed by atoms with E-state index < -0.39 is 23.3 Å². The molecule has 3 unspecified atom stereocenters. The lowest BCUT2D eigenvalue weighted by Crippen LogP contribution is -2.50. The molecule has 3 atom stereocenters. The quantitative estimate of drug-likeness (QED) is 0.818. The Hall–Kier alpha value is -0.750. The summed E-state index contributed by atoms with van der Waals surface area (Å²) in [7, 11) is 0. The minimum Gasteiger partial charge on any atom is -0.481 e. The Bertz CT molecular complexity index is 374. The van der Waals surface area contributed by atoms with Crippen LogP contribution in [0.5, 0.6) is 0 Å². The number of alkyl halides is 2. The average molecular weight is 276 g/mol. The summed E-state index contributed by atoms with van der Waals surface area (Å²) < 4.78 is 27.8. The van der Waals surface area contributed by atoms with Crippen molar-refractivity contribution < 1.29 is 18.7 Å². The molecule has 0 amide bonds. The molecule has 0 bridgehead atoms. The van der Waals surface area contributed by atoms with Crippen LogP contribution in [0.1, 0.15) is 33.6 Å². The van der Waals surface area contributed by atoms with Crippen molar-refractivity contribution in [1.82, 2.24) is 10.2 Å². The van der Waals surface area contributed by atoms with Crippen molar-refractivity contribution in [2.45, 2.75) is 57.7 Å². The zero-order valence-electron chi connectivity index (χ0n) is 11.6. The van der Waals surface area contributed by atoms with Gasteiger partial charge in [-0.25, -0.2) is 8.78 Å². The van der Waals surface area contributed by atoms with E-state index in [4.69, 9.17) is 5.11 Å². The summed E-state index contributed by atoms with van der Waals surface area (Å²) >= 11 is 0. The fourth-order valence-corrected chi connectivity index (χ4v) is 3.38. The molecule has 0 aromatic heterocycles. The number of carboxylic acid groups (broad SMARTS) is 1. The number of rotatable bonds is 4. The Kier molecular flexibility index (Phi) is 3.60. The van der Waals surface area contributed by atoms with E-state index in [9.17, 15) is 13.6 Å². The molecule has 2 aliphatic heterocycles. The first-order chi connectivity index (χ1) is 8.65. The monoisotopic (exact) mass is 276 g/mol. The van der Waals surface area contributed by atoms with Gasteiger partial charge in [-0.15, -0.1) is 0 Å². The van der Waals surface area contributed by atoms with Crippen LogP contribution in [0.3, 0.4) is 0 Å². The summed E-state index contributed by atoms with van der Waals surface area (Å²) in [5.74, 6) is -3.60. The van der Waals surface area contributed by atoms with Gasteiger partial charge in [0.05, 0.1) is 18.0 Å². The van der Waals surface area contributed by atoms with Gasteiger partial charge in [0.25, 0.3) is 5.92 Å². The molecule has 0 aliphatic carbocycles. The molecular weight excluding hydrogens is 254 g/mol.